The summed E-state index contributed by atoms with van der Waals surface area (Å²) in [6.45, 7) is 8.82. The lowest BCUT2D eigenvalue weighted by molar-refractivity contribution is -0.138. The summed E-state index contributed by atoms with van der Waals surface area (Å²) in [5.41, 5.74) is 5.66. The monoisotopic (exact) mass is 639 g/mol. The molecule has 1 fully saturated rings. The van der Waals surface area contributed by atoms with Gasteiger partial charge in [0.25, 0.3) is 5.56 Å². The molecule has 4 aromatic rings. The lowest BCUT2D eigenvalue weighted by Crippen LogP contribution is -2.40. The molecule has 238 valence electrons. The quantitative estimate of drug-likeness (QED) is 0.264. The molecule has 1 unspecified atom stereocenters. The number of hydrogen-bond acceptors (Lipinski definition) is 9. The van der Waals surface area contributed by atoms with Gasteiger partial charge < -0.3 is 23.8 Å². The minimum Gasteiger partial charge on any atom is -0.496 e. The number of morpholine rings is 1. The van der Waals surface area contributed by atoms with E-state index < -0.39 is 12.0 Å². The van der Waals surface area contributed by atoms with Crippen molar-refractivity contribution in [3.63, 3.8) is 0 Å². The molecule has 0 radical (unpaired) electrons. The van der Waals surface area contributed by atoms with E-state index in [4.69, 9.17) is 23.9 Å². The largest absolute Gasteiger partial charge is 0.496 e. The smallest absolute Gasteiger partial charge is 0.338 e. The second kappa shape index (κ2) is 13.4. The SMILES string of the molecule is CCOC(=O)C1=C(c2ccccc2)N=c2sc(=Cc3ccc(N4CCOCC4)cc3OC)c(=O)n2C1c1cc(C)c(OC)cc1C. The molecule has 6 rings (SSSR count). The Kier molecular flexibility index (Phi) is 9.10. The molecule has 1 aromatic heterocycles. The van der Waals surface area contributed by atoms with Crippen LogP contribution in [0.5, 0.6) is 11.5 Å². The minimum atomic E-state index is -0.775. The molecule has 46 heavy (non-hydrogen) atoms. The summed E-state index contributed by atoms with van der Waals surface area (Å²) in [5.74, 6) is 0.869. The van der Waals surface area contributed by atoms with E-state index in [2.05, 4.69) is 4.90 Å². The van der Waals surface area contributed by atoms with Crippen LogP contribution >= 0.6 is 11.3 Å². The van der Waals surface area contributed by atoms with Gasteiger partial charge in [-0.1, -0.05) is 41.7 Å². The van der Waals surface area contributed by atoms with Crippen molar-refractivity contribution in [1.29, 1.82) is 0 Å². The van der Waals surface area contributed by atoms with Crippen molar-refractivity contribution in [1.82, 2.24) is 4.57 Å². The number of rotatable bonds is 8. The van der Waals surface area contributed by atoms with Crippen LogP contribution in [0.4, 0.5) is 5.69 Å². The maximum Gasteiger partial charge on any atom is 0.338 e. The van der Waals surface area contributed by atoms with Crippen LogP contribution in [0.25, 0.3) is 11.8 Å². The molecular formula is C36H37N3O6S. The van der Waals surface area contributed by atoms with E-state index in [-0.39, 0.29) is 12.2 Å². The zero-order valence-corrected chi connectivity index (χ0v) is 27.5. The van der Waals surface area contributed by atoms with Crippen LogP contribution in [0.2, 0.25) is 0 Å². The summed E-state index contributed by atoms with van der Waals surface area (Å²) in [7, 11) is 3.26. The Morgan fingerprint density at radius 2 is 1.74 bits per heavy atom. The first kappa shape index (κ1) is 31.3. The molecule has 10 heteroatoms. The summed E-state index contributed by atoms with van der Waals surface area (Å²) in [6, 6.07) is 18.7. The lowest BCUT2D eigenvalue weighted by Gasteiger charge is -2.29. The van der Waals surface area contributed by atoms with Crippen LogP contribution in [0.3, 0.4) is 0 Å². The van der Waals surface area contributed by atoms with Gasteiger partial charge in [-0.05, 0) is 67.8 Å². The molecule has 0 saturated carbocycles. The van der Waals surface area contributed by atoms with Crippen molar-refractivity contribution in [2.24, 2.45) is 4.99 Å². The highest BCUT2D eigenvalue weighted by Gasteiger charge is 2.36. The zero-order chi connectivity index (χ0) is 32.4. The van der Waals surface area contributed by atoms with Crippen molar-refractivity contribution < 1.29 is 23.7 Å². The number of fused-ring (bicyclic) bond motifs is 1. The number of hydrogen-bond donors (Lipinski definition) is 0. The number of aromatic nitrogens is 1. The number of carbonyl (C=O) groups is 1. The Morgan fingerprint density at radius 3 is 2.43 bits per heavy atom. The average Bonchev–Trinajstić information content (AvgIpc) is 3.39. The van der Waals surface area contributed by atoms with Gasteiger partial charge in [0.1, 0.15) is 11.5 Å². The van der Waals surface area contributed by atoms with Crippen molar-refractivity contribution >= 4 is 34.8 Å². The number of thiazole rings is 1. The lowest BCUT2D eigenvalue weighted by atomic mass is 9.89. The second-order valence-electron chi connectivity index (χ2n) is 11.1. The van der Waals surface area contributed by atoms with E-state index in [0.717, 1.165) is 52.3 Å². The summed E-state index contributed by atoms with van der Waals surface area (Å²) in [5, 5.41) is 0. The molecule has 0 N–H and O–H groups in total. The molecule has 1 saturated heterocycles. The van der Waals surface area contributed by atoms with Gasteiger partial charge in [-0.2, -0.15) is 0 Å². The number of aryl methyl sites for hydroxylation is 2. The van der Waals surface area contributed by atoms with E-state index >= 15 is 0 Å². The molecule has 0 spiro atoms. The van der Waals surface area contributed by atoms with Gasteiger partial charge in [0.15, 0.2) is 4.80 Å². The highest BCUT2D eigenvalue weighted by Crippen LogP contribution is 2.38. The number of methoxy groups -OCH3 is 2. The topological polar surface area (TPSA) is 91.6 Å². The average molecular weight is 640 g/mol. The molecule has 2 aliphatic rings. The first-order valence-corrected chi connectivity index (χ1v) is 16.1. The van der Waals surface area contributed by atoms with Crippen LogP contribution in [0.15, 0.2) is 76.0 Å². The van der Waals surface area contributed by atoms with Crippen molar-refractivity contribution in [2.45, 2.75) is 26.8 Å². The first-order valence-electron chi connectivity index (χ1n) is 15.3. The van der Waals surface area contributed by atoms with Crippen LogP contribution in [-0.2, 0) is 14.3 Å². The molecule has 3 heterocycles. The molecule has 0 bridgehead atoms. The van der Waals surface area contributed by atoms with E-state index in [9.17, 15) is 9.59 Å². The Hall–Kier alpha value is -4.67. The summed E-state index contributed by atoms with van der Waals surface area (Å²) in [4.78, 5) is 36.0. The Labute approximate surface area is 271 Å². The summed E-state index contributed by atoms with van der Waals surface area (Å²) < 4.78 is 24.6. The van der Waals surface area contributed by atoms with E-state index in [0.29, 0.717) is 39.6 Å². The fourth-order valence-electron chi connectivity index (χ4n) is 6.04. The van der Waals surface area contributed by atoms with E-state index in [1.807, 2.05) is 80.6 Å². The van der Waals surface area contributed by atoms with E-state index in [1.54, 1.807) is 25.7 Å². The van der Waals surface area contributed by atoms with Gasteiger partial charge >= 0.3 is 5.97 Å². The summed E-state index contributed by atoms with van der Waals surface area (Å²) in [6.07, 6.45) is 1.84. The van der Waals surface area contributed by atoms with Crippen molar-refractivity contribution in [3.8, 4) is 11.5 Å². The fraction of sp³-hybridized carbons (Fsp3) is 0.306. The predicted molar refractivity (Wildman–Crippen MR) is 180 cm³/mol. The Balaban J connectivity index is 1.59. The predicted octanol–water partition coefficient (Wildman–Crippen LogP) is 4.41. The molecule has 9 nitrogen and oxygen atoms in total. The molecule has 0 amide bonds. The van der Waals surface area contributed by atoms with Gasteiger partial charge in [0.2, 0.25) is 0 Å². The number of carbonyl (C=O) groups excluding carboxylic acids is 1. The Bertz CT molecular complexity index is 1990. The number of ether oxygens (including phenoxy) is 4. The van der Waals surface area contributed by atoms with Gasteiger partial charge in [0.05, 0.1) is 55.9 Å². The standard InChI is InChI=1S/C36H37N3O6S/c1-6-45-35(41)31-32(24-10-8-7-9-11-24)37-36-39(33(31)27-18-23(3)28(42-4)19-22(27)2)34(40)30(46-36)20-25-12-13-26(21-29(25)43-5)38-14-16-44-17-15-38/h7-13,18-21,33H,6,14-17H2,1-5H3. The van der Waals surface area contributed by atoms with Gasteiger partial charge in [-0.15, -0.1) is 0 Å². The van der Waals surface area contributed by atoms with Gasteiger partial charge in [-0.3, -0.25) is 9.36 Å². The highest BCUT2D eigenvalue weighted by molar-refractivity contribution is 7.07. The molecule has 1 atom stereocenters. The Morgan fingerprint density at radius 1 is 1.00 bits per heavy atom. The highest BCUT2D eigenvalue weighted by atomic mass is 32.1. The molecule has 2 aliphatic heterocycles. The van der Waals surface area contributed by atoms with Crippen LogP contribution < -0.4 is 29.3 Å². The molecular weight excluding hydrogens is 602 g/mol. The van der Waals surface area contributed by atoms with E-state index in [1.165, 1.54) is 11.3 Å². The second-order valence-corrected chi connectivity index (χ2v) is 12.1. The third-order valence-corrected chi connectivity index (χ3v) is 9.31. The normalized spacial score (nSPS) is 16.6. The third-order valence-electron chi connectivity index (χ3n) is 8.33. The first-order chi connectivity index (χ1) is 22.3. The number of esters is 1. The minimum absolute atomic E-state index is 0.183. The molecule has 0 aliphatic carbocycles. The van der Waals surface area contributed by atoms with Crippen molar-refractivity contribution in [3.05, 3.63) is 114 Å². The van der Waals surface area contributed by atoms with Crippen molar-refractivity contribution in [2.75, 3.05) is 52.0 Å². The van der Waals surface area contributed by atoms with Gasteiger partial charge in [0, 0.05) is 36.0 Å². The van der Waals surface area contributed by atoms with Gasteiger partial charge in [-0.25, -0.2) is 9.79 Å². The van der Waals surface area contributed by atoms with Crippen LogP contribution in [0, 0.1) is 13.8 Å². The number of anilines is 1. The number of benzene rings is 3. The van der Waals surface area contributed by atoms with Crippen LogP contribution in [0.1, 0.15) is 40.8 Å². The van der Waals surface area contributed by atoms with Crippen LogP contribution in [-0.4, -0.2) is 57.7 Å². The maximum absolute atomic E-state index is 14.4. The fourth-order valence-corrected chi connectivity index (χ4v) is 7.03. The molecule has 3 aromatic carbocycles. The summed E-state index contributed by atoms with van der Waals surface area (Å²) >= 11 is 1.28. The maximum atomic E-state index is 14.4. The third kappa shape index (κ3) is 5.86. The zero-order valence-electron chi connectivity index (χ0n) is 26.7. The number of nitrogens with zero attached hydrogens (tertiary/aromatic N) is 3.